The fraction of sp³-hybridized carbons (Fsp3) is 0.455. The minimum absolute atomic E-state index is 0.457. The smallest absolute Gasteiger partial charge is 0.140 e. The van der Waals surface area contributed by atoms with Crippen LogP contribution in [-0.2, 0) is 0 Å². The Hall–Kier alpha value is -1.56. The molecule has 0 amide bonds. The van der Waals surface area contributed by atoms with Crippen molar-refractivity contribution in [2.24, 2.45) is 5.92 Å². The maximum Gasteiger partial charge on any atom is 0.140 e. The molecule has 0 aromatic carbocycles. The molecule has 1 unspecified atom stereocenters. The van der Waals surface area contributed by atoms with Crippen LogP contribution in [0.5, 0.6) is 0 Å². The van der Waals surface area contributed by atoms with E-state index in [9.17, 15) is 0 Å². The number of nitriles is 1. The number of hydrogen-bond donors (Lipinski definition) is 1. The van der Waals surface area contributed by atoms with Crippen molar-refractivity contribution < 1.29 is 0 Å². The van der Waals surface area contributed by atoms with Gasteiger partial charge >= 0.3 is 0 Å². The Morgan fingerprint density at radius 3 is 2.86 bits per heavy atom. The summed E-state index contributed by atoms with van der Waals surface area (Å²) in [6, 6.07) is 5.60. The van der Waals surface area contributed by atoms with E-state index < -0.39 is 0 Å². The maximum atomic E-state index is 8.55. The first-order valence-electron chi connectivity index (χ1n) is 4.86. The molecule has 1 aromatic heterocycles. The van der Waals surface area contributed by atoms with E-state index in [0.29, 0.717) is 11.6 Å². The largest absolute Gasteiger partial charge is 0.384 e. The summed E-state index contributed by atoms with van der Waals surface area (Å²) < 4.78 is 0. The Kier molecular flexibility index (Phi) is 3.93. The molecule has 0 saturated heterocycles. The molecule has 0 aliphatic heterocycles. The number of nitrogens with zero attached hydrogens (tertiary/aromatic N) is 2. The lowest BCUT2D eigenvalue weighted by molar-refractivity contribution is 0.593. The molecule has 0 aliphatic rings. The van der Waals surface area contributed by atoms with Crippen molar-refractivity contribution in [3.63, 3.8) is 0 Å². The highest BCUT2D eigenvalue weighted by atomic mass is 14.9. The zero-order valence-corrected chi connectivity index (χ0v) is 8.62. The van der Waals surface area contributed by atoms with E-state index in [1.165, 1.54) is 0 Å². The number of nitrogens with one attached hydrogen (secondary N) is 1. The number of aromatic nitrogens is 1. The van der Waals surface area contributed by atoms with Crippen LogP contribution in [0.15, 0.2) is 18.3 Å². The number of hydrogen-bond acceptors (Lipinski definition) is 3. The van der Waals surface area contributed by atoms with Crippen LogP contribution in [0.1, 0.15) is 26.0 Å². The molecule has 14 heavy (non-hydrogen) atoms. The third-order valence-electron chi connectivity index (χ3n) is 2.23. The maximum absolute atomic E-state index is 8.55. The fourth-order valence-electron chi connectivity index (χ4n) is 1.00. The van der Waals surface area contributed by atoms with Gasteiger partial charge in [0.25, 0.3) is 0 Å². The minimum Gasteiger partial charge on any atom is -0.384 e. The molecule has 1 atom stereocenters. The third kappa shape index (κ3) is 3.06. The van der Waals surface area contributed by atoms with Crippen LogP contribution in [0, 0.1) is 17.2 Å². The Bertz CT molecular complexity index is 310. The van der Waals surface area contributed by atoms with Crippen molar-refractivity contribution in [1.29, 1.82) is 5.26 Å². The highest BCUT2D eigenvalue weighted by molar-refractivity contribution is 5.42. The minimum atomic E-state index is 0.457. The first-order valence-corrected chi connectivity index (χ1v) is 4.86. The van der Waals surface area contributed by atoms with Gasteiger partial charge in [0.15, 0.2) is 0 Å². The quantitative estimate of drug-likeness (QED) is 0.791. The second-order valence-corrected chi connectivity index (χ2v) is 3.44. The molecule has 74 valence electrons. The summed E-state index contributed by atoms with van der Waals surface area (Å²) in [5.41, 5.74) is 1.43. The van der Waals surface area contributed by atoms with Crippen LogP contribution in [-0.4, -0.2) is 11.5 Å². The molecule has 0 radical (unpaired) electrons. The normalized spacial score (nSPS) is 11.8. The molecule has 1 N–H and O–H groups in total. The average molecular weight is 189 g/mol. The second-order valence-electron chi connectivity index (χ2n) is 3.44. The highest BCUT2D eigenvalue weighted by Gasteiger charge is 1.98. The number of anilines is 1. The van der Waals surface area contributed by atoms with Gasteiger partial charge in [0.1, 0.15) is 11.8 Å². The van der Waals surface area contributed by atoms with E-state index in [1.807, 2.05) is 12.1 Å². The molecule has 3 nitrogen and oxygen atoms in total. The lowest BCUT2D eigenvalue weighted by Gasteiger charge is -2.10. The fourth-order valence-corrected chi connectivity index (χ4v) is 1.00. The predicted molar refractivity (Wildman–Crippen MR) is 56.9 cm³/mol. The molecular weight excluding hydrogens is 174 g/mol. The molecule has 1 rings (SSSR count). The summed E-state index contributed by atoms with van der Waals surface area (Å²) in [6.07, 6.45) is 2.86. The lowest BCUT2D eigenvalue weighted by Crippen LogP contribution is -2.10. The van der Waals surface area contributed by atoms with E-state index >= 15 is 0 Å². The zero-order chi connectivity index (χ0) is 10.4. The van der Waals surface area contributed by atoms with Gasteiger partial charge in [-0.2, -0.15) is 5.26 Å². The SMILES string of the molecule is CCC(C)CNc1ccc(C#N)nc1. The van der Waals surface area contributed by atoms with Gasteiger partial charge in [0.2, 0.25) is 0 Å². The van der Waals surface area contributed by atoms with Crippen molar-refractivity contribution in [3.8, 4) is 6.07 Å². The van der Waals surface area contributed by atoms with Gasteiger partial charge < -0.3 is 5.32 Å². The average Bonchev–Trinajstić information content (AvgIpc) is 2.26. The first kappa shape index (κ1) is 10.5. The van der Waals surface area contributed by atoms with Gasteiger partial charge in [-0.3, -0.25) is 0 Å². The van der Waals surface area contributed by atoms with Crippen LogP contribution in [0.4, 0.5) is 5.69 Å². The Morgan fingerprint density at radius 1 is 1.57 bits per heavy atom. The monoisotopic (exact) mass is 189 g/mol. The van der Waals surface area contributed by atoms with Crippen molar-refractivity contribution in [2.75, 3.05) is 11.9 Å². The van der Waals surface area contributed by atoms with Gasteiger partial charge in [0.05, 0.1) is 11.9 Å². The van der Waals surface area contributed by atoms with Gasteiger partial charge in [-0.15, -0.1) is 0 Å². The summed E-state index contributed by atoms with van der Waals surface area (Å²) in [6.45, 7) is 5.32. The Balaban J connectivity index is 2.49. The zero-order valence-electron chi connectivity index (χ0n) is 8.62. The summed E-state index contributed by atoms with van der Waals surface area (Å²) in [5.74, 6) is 0.658. The van der Waals surface area contributed by atoms with Crippen LogP contribution in [0.25, 0.3) is 0 Å². The van der Waals surface area contributed by atoms with Crippen LogP contribution in [0.2, 0.25) is 0 Å². The molecule has 3 heteroatoms. The first-order chi connectivity index (χ1) is 6.76. The Morgan fingerprint density at radius 2 is 2.36 bits per heavy atom. The molecule has 0 saturated carbocycles. The van der Waals surface area contributed by atoms with Gasteiger partial charge in [-0.1, -0.05) is 20.3 Å². The molecular formula is C11H15N3. The van der Waals surface area contributed by atoms with Crippen molar-refractivity contribution in [1.82, 2.24) is 4.98 Å². The molecule has 0 spiro atoms. The van der Waals surface area contributed by atoms with Crippen molar-refractivity contribution >= 4 is 5.69 Å². The van der Waals surface area contributed by atoms with Crippen LogP contribution < -0.4 is 5.32 Å². The lowest BCUT2D eigenvalue weighted by atomic mass is 10.1. The molecule has 0 aliphatic carbocycles. The van der Waals surface area contributed by atoms with Crippen molar-refractivity contribution in [3.05, 3.63) is 24.0 Å². The van der Waals surface area contributed by atoms with E-state index in [2.05, 4.69) is 24.1 Å². The van der Waals surface area contributed by atoms with E-state index in [0.717, 1.165) is 18.7 Å². The van der Waals surface area contributed by atoms with Crippen molar-refractivity contribution in [2.45, 2.75) is 20.3 Å². The van der Waals surface area contributed by atoms with E-state index in [1.54, 1.807) is 12.3 Å². The standard InChI is InChI=1S/C11H15N3/c1-3-9(2)7-13-11-5-4-10(6-12)14-8-11/h4-5,8-9,13H,3,7H2,1-2H3. The summed E-state index contributed by atoms with van der Waals surface area (Å²) in [4.78, 5) is 3.98. The molecule has 1 heterocycles. The Labute approximate surface area is 84.8 Å². The van der Waals surface area contributed by atoms with E-state index in [-0.39, 0.29) is 0 Å². The number of pyridine rings is 1. The van der Waals surface area contributed by atoms with Gasteiger partial charge in [0, 0.05) is 6.54 Å². The van der Waals surface area contributed by atoms with E-state index in [4.69, 9.17) is 5.26 Å². The predicted octanol–water partition coefficient (Wildman–Crippen LogP) is 2.41. The summed E-state index contributed by atoms with van der Waals surface area (Å²) in [7, 11) is 0. The third-order valence-corrected chi connectivity index (χ3v) is 2.23. The van der Waals surface area contributed by atoms with Crippen LogP contribution >= 0.6 is 0 Å². The van der Waals surface area contributed by atoms with Crippen LogP contribution in [0.3, 0.4) is 0 Å². The molecule has 1 aromatic rings. The highest BCUT2D eigenvalue weighted by Crippen LogP contribution is 2.07. The summed E-state index contributed by atoms with van der Waals surface area (Å²) in [5, 5.41) is 11.8. The second kappa shape index (κ2) is 5.23. The topological polar surface area (TPSA) is 48.7 Å². The molecule has 0 fully saturated rings. The number of rotatable bonds is 4. The van der Waals surface area contributed by atoms with Gasteiger partial charge in [-0.25, -0.2) is 4.98 Å². The summed E-state index contributed by atoms with van der Waals surface area (Å²) >= 11 is 0. The van der Waals surface area contributed by atoms with Gasteiger partial charge in [-0.05, 0) is 18.1 Å². The molecule has 0 bridgehead atoms.